The second-order valence-electron chi connectivity index (χ2n) is 17.4. The van der Waals surface area contributed by atoms with Crippen LogP contribution in [0.5, 0.6) is 0 Å². The molecule has 0 amide bonds. The summed E-state index contributed by atoms with van der Waals surface area (Å²) in [5.74, 6) is -0.284. The maximum Gasteiger partial charge on any atom is 0.123 e. The van der Waals surface area contributed by atoms with Gasteiger partial charge in [0, 0.05) is 40.8 Å². The Balaban J connectivity index is 1.04. The molecule has 67 heavy (non-hydrogen) atoms. The molecular formula is C63H50FN3. The van der Waals surface area contributed by atoms with Gasteiger partial charge in [-0.15, -0.1) is 0 Å². The molecule has 3 aromatic heterocycles. The van der Waals surface area contributed by atoms with Gasteiger partial charge in [0.05, 0.1) is 17.1 Å². The lowest BCUT2D eigenvalue weighted by molar-refractivity contribution is 0.628. The Morgan fingerprint density at radius 3 is 1.22 bits per heavy atom. The average Bonchev–Trinajstić information content (AvgIpc) is 3.39. The van der Waals surface area contributed by atoms with E-state index in [1.807, 2.05) is 85.3 Å². The summed E-state index contributed by atoms with van der Waals surface area (Å²) in [5, 5.41) is 0. The largest absolute Gasteiger partial charge is 0.256 e. The topological polar surface area (TPSA) is 38.7 Å². The van der Waals surface area contributed by atoms with Crippen molar-refractivity contribution < 1.29 is 4.39 Å². The Bertz CT molecular complexity index is 3180. The molecule has 4 heteroatoms. The molecule has 0 fully saturated rings. The molecule has 0 bridgehead atoms. The van der Waals surface area contributed by atoms with Crippen LogP contribution in [-0.4, -0.2) is 15.0 Å². The highest BCUT2D eigenvalue weighted by Crippen LogP contribution is 2.41. The summed E-state index contributed by atoms with van der Waals surface area (Å²) < 4.78 is 15.8. The first kappa shape index (κ1) is 42.8. The van der Waals surface area contributed by atoms with Crippen LogP contribution in [0.15, 0.2) is 219 Å². The molecule has 10 aromatic rings. The number of aromatic nitrogens is 3. The smallest absolute Gasteiger partial charge is 0.123 e. The minimum Gasteiger partial charge on any atom is -0.256 e. The second kappa shape index (κ2) is 19.6. The van der Waals surface area contributed by atoms with Crippen molar-refractivity contribution in [3.05, 3.63) is 258 Å². The minimum atomic E-state index is -0.284. The Morgan fingerprint density at radius 2 is 0.731 bits per heavy atom. The van der Waals surface area contributed by atoms with E-state index in [0.29, 0.717) is 0 Å². The fraction of sp³-hybridized carbons (Fsp3) is 0.0952. The Kier molecular flexibility index (Phi) is 12.5. The van der Waals surface area contributed by atoms with Gasteiger partial charge in [-0.05, 0) is 142 Å². The van der Waals surface area contributed by atoms with E-state index in [2.05, 4.69) is 135 Å². The Hall–Kier alpha value is -8.08. The maximum atomic E-state index is 15.8. The molecule has 3 heterocycles. The number of hydrogen-bond acceptors (Lipinski definition) is 3. The third kappa shape index (κ3) is 9.80. The molecule has 0 aliphatic heterocycles. The van der Waals surface area contributed by atoms with Gasteiger partial charge in [-0.2, -0.15) is 0 Å². The molecule has 7 aromatic carbocycles. The summed E-state index contributed by atoms with van der Waals surface area (Å²) >= 11 is 0. The van der Waals surface area contributed by atoms with E-state index in [-0.39, 0.29) is 5.82 Å². The number of halogens is 1. The van der Waals surface area contributed by atoms with Crippen molar-refractivity contribution >= 4 is 0 Å². The summed E-state index contributed by atoms with van der Waals surface area (Å²) in [5.41, 5.74) is 21.4. The highest BCUT2D eigenvalue weighted by Gasteiger charge is 2.18. The van der Waals surface area contributed by atoms with Gasteiger partial charge in [0.1, 0.15) is 5.82 Å². The normalized spacial score (nSPS) is 11.1. The number of rotatable bonds is 13. The number of pyridine rings is 3. The average molecular weight is 868 g/mol. The summed E-state index contributed by atoms with van der Waals surface area (Å²) in [6.45, 7) is 4.35. The van der Waals surface area contributed by atoms with Crippen LogP contribution in [-0.2, 0) is 25.7 Å². The van der Waals surface area contributed by atoms with E-state index in [4.69, 9.17) is 15.0 Å². The molecule has 0 atom stereocenters. The van der Waals surface area contributed by atoms with Crippen LogP contribution in [0.3, 0.4) is 0 Å². The third-order valence-corrected chi connectivity index (χ3v) is 12.9. The van der Waals surface area contributed by atoms with E-state index < -0.39 is 0 Å². The van der Waals surface area contributed by atoms with Gasteiger partial charge in [0.25, 0.3) is 0 Å². The van der Waals surface area contributed by atoms with Crippen molar-refractivity contribution in [3.63, 3.8) is 0 Å². The van der Waals surface area contributed by atoms with Crippen LogP contribution in [0.4, 0.5) is 4.39 Å². The van der Waals surface area contributed by atoms with Crippen LogP contribution in [0, 0.1) is 19.7 Å². The predicted octanol–water partition coefficient (Wildman–Crippen LogP) is 15.9. The van der Waals surface area contributed by atoms with Gasteiger partial charge in [-0.25, -0.2) is 4.39 Å². The van der Waals surface area contributed by atoms with Crippen molar-refractivity contribution in [2.75, 3.05) is 0 Å². The van der Waals surface area contributed by atoms with E-state index in [1.54, 1.807) is 12.1 Å². The first-order valence-corrected chi connectivity index (χ1v) is 23.1. The lowest BCUT2D eigenvalue weighted by atomic mass is 9.87. The standard InChI is InChI=1S/C63H50FN3/c1-43-33-61(50-17-9-4-10-18-50)65-40-53(43)25-23-45-35-46(24-26-54-41-66-62(34-44(54)2)51-19-11-5-12-20-51)37-55(36-45)58-38-56(64)31-32-57(58)60-42-67-63(52-21-13-6-14-22-52)39-59(60)49-29-27-48(28-30-49)47-15-7-3-8-16-47/h3-22,27-42H,23-26H2,1-2H3. The Morgan fingerprint density at radius 1 is 0.313 bits per heavy atom. The quantitative estimate of drug-likeness (QED) is 0.116. The van der Waals surface area contributed by atoms with Gasteiger partial charge in [0.15, 0.2) is 0 Å². The molecule has 0 saturated heterocycles. The van der Waals surface area contributed by atoms with Crippen molar-refractivity contribution in [3.8, 4) is 78.3 Å². The summed E-state index contributed by atoms with van der Waals surface area (Å²) in [7, 11) is 0. The summed E-state index contributed by atoms with van der Waals surface area (Å²) in [6.07, 6.45) is 9.28. The minimum absolute atomic E-state index is 0.284. The molecule has 0 radical (unpaired) electrons. The van der Waals surface area contributed by atoms with E-state index >= 15 is 4.39 Å². The first-order valence-electron chi connectivity index (χ1n) is 23.1. The molecular weight excluding hydrogens is 818 g/mol. The molecule has 10 rings (SSSR count). The van der Waals surface area contributed by atoms with E-state index in [9.17, 15) is 0 Å². The number of nitrogens with zero attached hydrogens (tertiary/aromatic N) is 3. The van der Waals surface area contributed by atoms with Crippen molar-refractivity contribution in [1.82, 2.24) is 15.0 Å². The van der Waals surface area contributed by atoms with Crippen LogP contribution in [0.1, 0.15) is 33.4 Å². The molecule has 0 unspecified atom stereocenters. The molecule has 324 valence electrons. The van der Waals surface area contributed by atoms with Gasteiger partial charge in [-0.1, -0.05) is 170 Å². The zero-order valence-electron chi connectivity index (χ0n) is 37.8. The fourth-order valence-electron chi connectivity index (χ4n) is 9.13. The molecule has 0 spiro atoms. The SMILES string of the molecule is Cc1cc(-c2ccccc2)ncc1CCc1cc(CCc2cnc(-c3ccccc3)cc2C)cc(-c2cc(F)ccc2-c2cnc(-c3ccccc3)cc2-c2ccc(-c3ccccc3)cc2)c1. The zero-order valence-corrected chi connectivity index (χ0v) is 37.8. The highest BCUT2D eigenvalue weighted by molar-refractivity contribution is 5.93. The van der Waals surface area contributed by atoms with Crippen LogP contribution in [0.25, 0.3) is 78.3 Å². The summed E-state index contributed by atoms with van der Waals surface area (Å²) in [4.78, 5) is 14.8. The van der Waals surface area contributed by atoms with Gasteiger partial charge < -0.3 is 0 Å². The third-order valence-electron chi connectivity index (χ3n) is 12.9. The van der Waals surface area contributed by atoms with Crippen molar-refractivity contribution in [1.29, 1.82) is 0 Å². The second-order valence-corrected chi connectivity index (χ2v) is 17.4. The molecule has 0 saturated carbocycles. The van der Waals surface area contributed by atoms with Crippen molar-refractivity contribution in [2.45, 2.75) is 39.5 Å². The lowest BCUT2D eigenvalue weighted by Gasteiger charge is -2.18. The first-order chi connectivity index (χ1) is 32.9. The number of hydrogen-bond donors (Lipinski definition) is 0. The van der Waals surface area contributed by atoms with E-state index in [0.717, 1.165) is 104 Å². The van der Waals surface area contributed by atoms with Crippen LogP contribution >= 0.6 is 0 Å². The van der Waals surface area contributed by atoms with Gasteiger partial charge in [0.2, 0.25) is 0 Å². The van der Waals surface area contributed by atoms with Crippen molar-refractivity contribution in [2.24, 2.45) is 0 Å². The number of benzene rings is 7. The van der Waals surface area contributed by atoms with Crippen LogP contribution < -0.4 is 0 Å². The monoisotopic (exact) mass is 867 g/mol. The van der Waals surface area contributed by atoms with E-state index in [1.165, 1.54) is 33.4 Å². The lowest BCUT2D eigenvalue weighted by Crippen LogP contribution is -2.01. The van der Waals surface area contributed by atoms with Crippen LogP contribution in [0.2, 0.25) is 0 Å². The van der Waals surface area contributed by atoms with Gasteiger partial charge >= 0.3 is 0 Å². The summed E-state index contributed by atoms with van der Waals surface area (Å²) in [6, 6.07) is 68.7. The fourth-order valence-corrected chi connectivity index (χ4v) is 9.13. The number of aryl methyl sites for hydroxylation is 6. The molecule has 0 aliphatic carbocycles. The van der Waals surface area contributed by atoms with Gasteiger partial charge in [-0.3, -0.25) is 15.0 Å². The predicted molar refractivity (Wildman–Crippen MR) is 275 cm³/mol. The highest BCUT2D eigenvalue weighted by atomic mass is 19.1. The Labute approximate surface area is 393 Å². The zero-order chi connectivity index (χ0) is 45.5. The molecule has 0 N–H and O–H groups in total. The maximum absolute atomic E-state index is 15.8. The molecule has 0 aliphatic rings. The molecule has 3 nitrogen and oxygen atoms in total.